The molecule has 0 saturated carbocycles. The zero-order valence-electron chi connectivity index (χ0n) is 9.64. The van der Waals surface area contributed by atoms with Gasteiger partial charge in [0.2, 0.25) is 0 Å². The summed E-state index contributed by atoms with van der Waals surface area (Å²) in [6, 6.07) is 15.6. The molecule has 2 N–H and O–H groups in total. The molecule has 2 aromatic carbocycles. The molecule has 0 aliphatic carbocycles. The first-order valence-corrected chi connectivity index (χ1v) is 5.70. The van der Waals surface area contributed by atoms with Crippen LogP contribution in [0.2, 0.25) is 0 Å². The highest BCUT2D eigenvalue weighted by Crippen LogP contribution is 2.23. The molecule has 3 aromatic rings. The molecule has 86 valence electrons. The van der Waals surface area contributed by atoms with Crippen LogP contribution >= 0.6 is 0 Å². The molecular weight excluding hydrogens is 222 g/mol. The summed E-state index contributed by atoms with van der Waals surface area (Å²) >= 11 is 0. The lowest BCUT2D eigenvalue weighted by Crippen LogP contribution is -1.75. The second-order valence-electron chi connectivity index (χ2n) is 4.06. The molecule has 0 fully saturated rings. The van der Waals surface area contributed by atoms with E-state index < -0.39 is 0 Å². The molecule has 0 radical (unpaired) electrons. The van der Waals surface area contributed by atoms with Gasteiger partial charge in [0.25, 0.3) is 0 Å². The molecule has 0 spiro atoms. The number of fused-ring (bicyclic) bond motifs is 1. The monoisotopic (exact) mass is 233 g/mol. The van der Waals surface area contributed by atoms with Gasteiger partial charge in [0.05, 0.1) is 0 Å². The lowest BCUT2D eigenvalue weighted by Gasteiger charge is -1.92. The standard InChI is InChI=1S/C16H11NO/c18-16-15-9-8-13(10-14(15)11-17-16)7-6-12-4-2-1-3-5-12/h1-5,8-11,17-18H. The Bertz CT molecular complexity index is 745. The average molecular weight is 233 g/mol. The van der Waals surface area contributed by atoms with Crippen molar-refractivity contribution in [2.45, 2.75) is 0 Å². The van der Waals surface area contributed by atoms with Gasteiger partial charge in [0.15, 0.2) is 5.88 Å². The quantitative estimate of drug-likeness (QED) is 0.574. The number of aromatic amines is 1. The highest BCUT2D eigenvalue weighted by Gasteiger charge is 2.00. The van der Waals surface area contributed by atoms with Crippen LogP contribution in [-0.2, 0) is 0 Å². The number of nitrogens with one attached hydrogen (secondary N) is 1. The molecule has 18 heavy (non-hydrogen) atoms. The summed E-state index contributed by atoms with van der Waals surface area (Å²) in [7, 11) is 0. The van der Waals surface area contributed by atoms with Gasteiger partial charge in [-0.1, -0.05) is 30.0 Å². The smallest absolute Gasteiger partial charge is 0.196 e. The van der Waals surface area contributed by atoms with E-state index in [4.69, 9.17) is 0 Å². The topological polar surface area (TPSA) is 36.0 Å². The van der Waals surface area contributed by atoms with E-state index in [0.29, 0.717) is 0 Å². The van der Waals surface area contributed by atoms with E-state index in [2.05, 4.69) is 16.8 Å². The van der Waals surface area contributed by atoms with Crippen molar-refractivity contribution >= 4 is 10.8 Å². The minimum absolute atomic E-state index is 0.201. The molecule has 0 atom stereocenters. The largest absolute Gasteiger partial charge is 0.494 e. The van der Waals surface area contributed by atoms with E-state index in [-0.39, 0.29) is 5.88 Å². The van der Waals surface area contributed by atoms with Crippen molar-refractivity contribution in [3.8, 4) is 17.7 Å². The zero-order chi connectivity index (χ0) is 12.4. The summed E-state index contributed by atoms with van der Waals surface area (Å²) in [4.78, 5) is 2.78. The van der Waals surface area contributed by atoms with Crippen molar-refractivity contribution in [3.05, 3.63) is 65.9 Å². The van der Waals surface area contributed by atoms with Gasteiger partial charge in [0.1, 0.15) is 0 Å². The van der Waals surface area contributed by atoms with Gasteiger partial charge < -0.3 is 10.1 Å². The van der Waals surface area contributed by atoms with Crippen molar-refractivity contribution in [1.82, 2.24) is 4.98 Å². The highest BCUT2D eigenvalue weighted by atomic mass is 16.3. The first-order chi connectivity index (χ1) is 8.83. The van der Waals surface area contributed by atoms with E-state index in [1.165, 1.54) is 0 Å². The number of benzene rings is 2. The fraction of sp³-hybridized carbons (Fsp3) is 0. The average Bonchev–Trinajstić information content (AvgIpc) is 2.79. The van der Waals surface area contributed by atoms with Gasteiger partial charge in [-0.15, -0.1) is 0 Å². The Morgan fingerprint density at radius 3 is 2.50 bits per heavy atom. The number of hydrogen-bond donors (Lipinski definition) is 2. The van der Waals surface area contributed by atoms with Gasteiger partial charge in [-0.2, -0.15) is 0 Å². The molecule has 0 aliphatic heterocycles. The number of rotatable bonds is 0. The zero-order valence-corrected chi connectivity index (χ0v) is 9.64. The van der Waals surface area contributed by atoms with E-state index in [9.17, 15) is 5.11 Å². The minimum Gasteiger partial charge on any atom is -0.494 e. The van der Waals surface area contributed by atoms with Crippen LogP contribution in [0.1, 0.15) is 11.1 Å². The van der Waals surface area contributed by atoms with Crippen molar-refractivity contribution in [1.29, 1.82) is 0 Å². The first kappa shape index (κ1) is 10.5. The maximum atomic E-state index is 9.52. The summed E-state index contributed by atoms with van der Waals surface area (Å²) in [6.45, 7) is 0. The third kappa shape index (κ3) is 1.94. The summed E-state index contributed by atoms with van der Waals surface area (Å²) in [5.41, 5.74) is 1.93. The Morgan fingerprint density at radius 1 is 0.889 bits per heavy atom. The lowest BCUT2D eigenvalue weighted by atomic mass is 10.1. The van der Waals surface area contributed by atoms with Crippen LogP contribution in [0.5, 0.6) is 5.88 Å². The Hall–Kier alpha value is -2.66. The molecule has 0 aliphatic rings. The normalized spacial score (nSPS) is 10.0. The highest BCUT2D eigenvalue weighted by molar-refractivity contribution is 5.88. The van der Waals surface area contributed by atoms with Gasteiger partial charge in [-0.3, -0.25) is 0 Å². The second kappa shape index (κ2) is 4.31. The van der Waals surface area contributed by atoms with Crippen LogP contribution in [0.15, 0.2) is 54.7 Å². The van der Waals surface area contributed by atoms with Crippen molar-refractivity contribution in [2.75, 3.05) is 0 Å². The maximum Gasteiger partial charge on any atom is 0.196 e. The molecule has 1 heterocycles. The van der Waals surface area contributed by atoms with Crippen LogP contribution in [-0.4, -0.2) is 10.1 Å². The van der Waals surface area contributed by atoms with E-state index >= 15 is 0 Å². The molecule has 2 nitrogen and oxygen atoms in total. The second-order valence-corrected chi connectivity index (χ2v) is 4.06. The van der Waals surface area contributed by atoms with Crippen molar-refractivity contribution in [3.63, 3.8) is 0 Å². The van der Waals surface area contributed by atoms with Crippen molar-refractivity contribution < 1.29 is 5.11 Å². The fourth-order valence-electron chi connectivity index (χ4n) is 1.87. The molecule has 0 bridgehead atoms. The molecule has 0 saturated heterocycles. The molecular formula is C16H11NO. The molecule has 3 rings (SSSR count). The number of aromatic nitrogens is 1. The molecule has 2 heteroatoms. The third-order valence-corrected chi connectivity index (χ3v) is 2.80. The van der Waals surface area contributed by atoms with Gasteiger partial charge in [-0.05, 0) is 30.3 Å². The van der Waals surface area contributed by atoms with Crippen LogP contribution in [0.3, 0.4) is 0 Å². The fourth-order valence-corrected chi connectivity index (χ4v) is 1.87. The van der Waals surface area contributed by atoms with Crippen LogP contribution in [0.4, 0.5) is 0 Å². The number of H-pyrrole nitrogens is 1. The number of hydrogen-bond acceptors (Lipinski definition) is 1. The van der Waals surface area contributed by atoms with Gasteiger partial charge in [0, 0.05) is 28.1 Å². The lowest BCUT2D eigenvalue weighted by molar-refractivity contribution is 0.462. The molecule has 1 aromatic heterocycles. The minimum atomic E-state index is 0.201. The molecule has 0 unspecified atom stereocenters. The number of aromatic hydroxyl groups is 1. The third-order valence-electron chi connectivity index (χ3n) is 2.80. The van der Waals surface area contributed by atoms with Crippen molar-refractivity contribution in [2.24, 2.45) is 0 Å². The van der Waals surface area contributed by atoms with Crippen LogP contribution < -0.4 is 0 Å². The van der Waals surface area contributed by atoms with E-state index in [0.717, 1.165) is 21.9 Å². The summed E-state index contributed by atoms with van der Waals surface area (Å²) < 4.78 is 0. The van der Waals surface area contributed by atoms with Gasteiger partial charge >= 0.3 is 0 Å². The Kier molecular flexibility index (Phi) is 2.51. The predicted octanol–water partition coefficient (Wildman–Crippen LogP) is 3.27. The van der Waals surface area contributed by atoms with E-state index in [1.54, 1.807) is 6.20 Å². The predicted molar refractivity (Wildman–Crippen MR) is 72.4 cm³/mol. The Balaban J connectivity index is 1.99. The SMILES string of the molecule is Oc1[nH]cc2cc(C#Cc3ccccc3)ccc12. The van der Waals surface area contributed by atoms with E-state index in [1.807, 2.05) is 48.5 Å². The Labute approximate surface area is 105 Å². The Morgan fingerprint density at radius 2 is 1.67 bits per heavy atom. The summed E-state index contributed by atoms with van der Waals surface area (Å²) in [5.74, 6) is 6.43. The van der Waals surface area contributed by atoms with Gasteiger partial charge in [-0.25, -0.2) is 0 Å². The van der Waals surface area contributed by atoms with Crippen LogP contribution in [0.25, 0.3) is 10.8 Å². The van der Waals surface area contributed by atoms with Crippen LogP contribution in [0, 0.1) is 11.8 Å². The molecule has 0 amide bonds. The first-order valence-electron chi connectivity index (χ1n) is 5.70. The maximum absolute atomic E-state index is 9.52. The summed E-state index contributed by atoms with van der Waals surface area (Å²) in [5, 5.41) is 11.3. The summed E-state index contributed by atoms with van der Waals surface area (Å²) in [6.07, 6.45) is 1.78.